The van der Waals surface area contributed by atoms with Crippen molar-refractivity contribution in [2.45, 2.75) is 12.0 Å². The first-order chi connectivity index (χ1) is 16.2. The van der Waals surface area contributed by atoms with Gasteiger partial charge in [-0.25, -0.2) is 0 Å². The zero-order valence-corrected chi connectivity index (χ0v) is 18.7. The number of nitrogens with one attached hydrogen (secondary N) is 2. The minimum atomic E-state index is -0.527. The van der Waals surface area contributed by atoms with Crippen LogP contribution in [-0.4, -0.2) is 19.0 Å². The average molecular weight is 433 g/mol. The third-order valence-electron chi connectivity index (χ3n) is 5.85. The van der Waals surface area contributed by atoms with Crippen LogP contribution < -0.4 is 10.6 Å². The van der Waals surface area contributed by atoms with E-state index in [0.717, 1.165) is 22.3 Å². The summed E-state index contributed by atoms with van der Waals surface area (Å²) in [6.07, 6.45) is 0. The topological polar surface area (TPSA) is 41.1 Å². The summed E-state index contributed by atoms with van der Waals surface area (Å²) in [5, 5.41) is 6.26. The van der Waals surface area contributed by atoms with Gasteiger partial charge in [-0.2, -0.15) is 0 Å². The molecule has 4 aromatic rings. The van der Waals surface area contributed by atoms with Gasteiger partial charge < -0.3 is 10.6 Å². The van der Waals surface area contributed by atoms with Crippen LogP contribution in [0, 0.1) is 0 Å². The zero-order valence-electron chi connectivity index (χ0n) is 18.7. The van der Waals surface area contributed by atoms with E-state index in [1.807, 2.05) is 66.7 Å². The van der Waals surface area contributed by atoms with Crippen molar-refractivity contribution in [2.24, 2.45) is 0 Å². The van der Waals surface area contributed by atoms with Crippen molar-refractivity contribution in [2.75, 3.05) is 7.05 Å². The first-order valence-electron chi connectivity index (χ1n) is 11.1. The molecule has 0 radical (unpaired) electrons. The summed E-state index contributed by atoms with van der Waals surface area (Å²) in [6, 6.07) is 38.2. The number of likely N-dealkylation sites (N-methyl/N-ethyl adjacent to an activating group) is 1. The Hall–Kier alpha value is -4.11. The van der Waals surface area contributed by atoms with Crippen LogP contribution in [0.25, 0.3) is 16.8 Å². The molecule has 4 aromatic carbocycles. The SMILES string of the molecule is C=C(N[C@H](C(=O)NC)C(c1ccccc1)c1ccccc1)c1ccc(-c2ccccc2)cc1. The minimum absolute atomic E-state index is 0.0882. The Morgan fingerprint density at radius 2 is 1.12 bits per heavy atom. The van der Waals surface area contributed by atoms with Crippen molar-refractivity contribution in [3.8, 4) is 11.1 Å². The van der Waals surface area contributed by atoms with Gasteiger partial charge >= 0.3 is 0 Å². The molecule has 0 unspecified atom stereocenters. The second-order valence-electron chi connectivity index (χ2n) is 7.96. The lowest BCUT2D eigenvalue weighted by Gasteiger charge is -2.29. The monoisotopic (exact) mass is 432 g/mol. The number of hydrogen-bond acceptors (Lipinski definition) is 2. The van der Waals surface area contributed by atoms with Crippen molar-refractivity contribution in [3.05, 3.63) is 139 Å². The van der Waals surface area contributed by atoms with Gasteiger partial charge in [0.2, 0.25) is 5.91 Å². The molecule has 3 nitrogen and oxygen atoms in total. The number of benzene rings is 4. The molecule has 3 heteroatoms. The lowest BCUT2D eigenvalue weighted by atomic mass is 9.84. The fraction of sp³-hybridized carbons (Fsp3) is 0.100. The van der Waals surface area contributed by atoms with Crippen LogP contribution >= 0.6 is 0 Å². The summed E-state index contributed by atoms with van der Waals surface area (Å²) in [7, 11) is 1.67. The molecule has 0 aliphatic heterocycles. The van der Waals surface area contributed by atoms with E-state index in [1.165, 1.54) is 5.56 Å². The molecule has 0 fully saturated rings. The molecule has 0 spiro atoms. The molecule has 1 amide bonds. The Kier molecular flexibility index (Phi) is 7.01. The van der Waals surface area contributed by atoms with Gasteiger partial charge in [-0.05, 0) is 27.8 Å². The number of carbonyl (C=O) groups is 1. The van der Waals surface area contributed by atoms with Crippen molar-refractivity contribution in [1.82, 2.24) is 10.6 Å². The summed E-state index contributed by atoms with van der Waals surface area (Å²) in [5.74, 6) is -0.262. The largest absolute Gasteiger partial charge is 0.373 e. The fourth-order valence-corrected chi connectivity index (χ4v) is 4.12. The van der Waals surface area contributed by atoms with Crippen LogP contribution in [-0.2, 0) is 4.79 Å². The van der Waals surface area contributed by atoms with Gasteiger partial charge in [-0.3, -0.25) is 4.79 Å². The lowest BCUT2D eigenvalue weighted by molar-refractivity contribution is -0.122. The molecular formula is C30H28N2O. The van der Waals surface area contributed by atoms with Gasteiger partial charge in [-0.15, -0.1) is 0 Å². The molecule has 4 rings (SSSR count). The molecule has 0 bridgehead atoms. The van der Waals surface area contributed by atoms with E-state index in [2.05, 4.69) is 65.7 Å². The number of rotatable bonds is 8. The highest BCUT2D eigenvalue weighted by atomic mass is 16.2. The summed E-state index contributed by atoms with van der Waals surface area (Å²) in [4.78, 5) is 13.1. The lowest BCUT2D eigenvalue weighted by Crippen LogP contribution is -2.46. The van der Waals surface area contributed by atoms with Crippen molar-refractivity contribution in [3.63, 3.8) is 0 Å². The Morgan fingerprint density at radius 1 is 0.667 bits per heavy atom. The molecule has 33 heavy (non-hydrogen) atoms. The van der Waals surface area contributed by atoms with Crippen LogP contribution in [0.2, 0.25) is 0 Å². The normalized spacial score (nSPS) is 11.6. The summed E-state index contributed by atoms with van der Waals surface area (Å²) in [5.41, 5.74) is 6.10. The standard InChI is InChI=1S/C30H28N2O/c1-22(23-18-20-25(21-19-23)24-12-6-3-7-13-24)32-29(30(33)31-2)28(26-14-8-4-9-15-26)27-16-10-5-11-17-27/h3-21,28-29,32H,1H2,2H3,(H,31,33)/t29-/m0/s1. The van der Waals surface area contributed by atoms with Crippen LogP contribution in [0.4, 0.5) is 0 Å². The minimum Gasteiger partial charge on any atom is -0.373 e. The number of carbonyl (C=O) groups excluding carboxylic acids is 1. The number of hydrogen-bond donors (Lipinski definition) is 2. The molecule has 0 aliphatic carbocycles. The van der Waals surface area contributed by atoms with Crippen molar-refractivity contribution >= 4 is 11.6 Å². The third-order valence-corrected chi connectivity index (χ3v) is 5.85. The predicted octanol–water partition coefficient (Wildman–Crippen LogP) is 5.86. The second kappa shape index (κ2) is 10.5. The van der Waals surface area contributed by atoms with Gasteiger partial charge in [0.25, 0.3) is 0 Å². The second-order valence-corrected chi connectivity index (χ2v) is 7.96. The van der Waals surface area contributed by atoms with E-state index >= 15 is 0 Å². The smallest absolute Gasteiger partial charge is 0.243 e. The molecule has 164 valence electrons. The predicted molar refractivity (Wildman–Crippen MR) is 137 cm³/mol. The first-order valence-corrected chi connectivity index (χ1v) is 11.1. The maximum absolute atomic E-state index is 13.1. The first kappa shape index (κ1) is 22.1. The van der Waals surface area contributed by atoms with Crippen LogP contribution in [0.3, 0.4) is 0 Å². The Bertz CT molecular complexity index is 1150. The maximum Gasteiger partial charge on any atom is 0.243 e. The van der Waals surface area contributed by atoms with E-state index in [4.69, 9.17) is 0 Å². The van der Waals surface area contributed by atoms with Crippen molar-refractivity contribution < 1.29 is 4.79 Å². The third kappa shape index (κ3) is 5.21. The van der Waals surface area contributed by atoms with Gasteiger partial charge in [0.15, 0.2) is 0 Å². The molecule has 0 heterocycles. The average Bonchev–Trinajstić information content (AvgIpc) is 2.89. The highest BCUT2D eigenvalue weighted by molar-refractivity contribution is 5.85. The van der Waals surface area contributed by atoms with E-state index in [1.54, 1.807) is 7.05 Å². The quantitative estimate of drug-likeness (QED) is 0.366. The Labute approximate surface area is 195 Å². The van der Waals surface area contributed by atoms with Gasteiger partial charge in [-0.1, -0.05) is 122 Å². The van der Waals surface area contributed by atoms with Gasteiger partial charge in [0.1, 0.15) is 6.04 Å². The number of amides is 1. The molecule has 0 saturated carbocycles. The van der Waals surface area contributed by atoms with E-state index < -0.39 is 6.04 Å². The van der Waals surface area contributed by atoms with E-state index in [9.17, 15) is 4.79 Å². The maximum atomic E-state index is 13.1. The molecule has 2 N–H and O–H groups in total. The fourth-order valence-electron chi connectivity index (χ4n) is 4.12. The van der Waals surface area contributed by atoms with Gasteiger partial charge in [0.05, 0.1) is 0 Å². The molecule has 0 saturated heterocycles. The van der Waals surface area contributed by atoms with E-state index in [0.29, 0.717) is 5.70 Å². The molecule has 0 aromatic heterocycles. The van der Waals surface area contributed by atoms with Crippen LogP contribution in [0.5, 0.6) is 0 Å². The van der Waals surface area contributed by atoms with Gasteiger partial charge in [0, 0.05) is 18.7 Å². The van der Waals surface area contributed by atoms with E-state index in [-0.39, 0.29) is 11.8 Å². The zero-order chi connectivity index (χ0) is 23.0. The summed E-state index contributed by atoms with van der Waals surface area (Å²) in [6.45, 7) is 4.26. The Morgan fingerprint density at radius 3 is 1.61 bits per heavy atom. The summed E-state index contributed by atoms with van der Waals surface area (Å²) < 4.78 is 0. The Balaban J connectivity index is 1.64. The van der Waals surface area contributed by atoms with Crippen LogP contribution in [0.1, 0.15) is 22.6 Å². The highest BCUT2D eigenvalue weighted by Crippen LogP contribution is 2.30. The molecule has 0 aliphatic rings. The highest BCUT2D eigenvalue weighted by Gasteiger charge is 2.30. The molecular weight excluding hydrogens is 404 g/mol. The van der Waals surface area contributed by atoms with Crippen LogP contribution in [0.15, 0.2) is 122 Å². The van der Waals surface area contributed by atoms with Crippen molar-refractivity contribution in [1.29, 1.82) is 0 Å². The molecule has 1 atom stereocenters. The summed E-state index contributed by atoms with van der Waals surface area (Å²) >= 11 is 0.